The molecule has 1 atom stereocenters. The van der Waals surface area contributed by atoms with Gasteiger partial charge < -0.3 is 5.11 Å². The van der Waals surface area contributed by atoms with Gasteiger partial charge in [-0.2, -0.15) is 0 Å². The smallest absolute Gasteiger partial charge is 0.146 e. The minimum atomic E-state index is -0.287. The number of benzene rings is 3. The van der Waals surface area contributed by atoms with Gasteiger partial charge >= 0.3 is 0 Å². The largest absolute Gasteiger partial charge is 0.505 e. The number of hydrogen-bond donors (Lipinski definition) is 1. The minimum absolute atomic E-state index is 0.0761. The molecule has 1 heterocycles. The molecule has 0 amide bonds. The molecule has 34 heavy (non-hydrogen) atoms. The molecule has 0 saturated heterocycles. The van der Waals surface area contributed by atoms with Crippen molar-refractivity contribution in [2.24, 2.45) is 5.92 Å². The molecule has 0 bridgehead atoms. The van der Waals surface area contributed by atoms with Gasteiger partial charge in [-0.15, -0.1) is 15.0 Å². The Morgan fingerprint density at radius 3 is 2.29 bits per heavy atom. The lowest BCUT2D eigenvalue weighted by molar-refractivity contribution is 0.179. The second-order valence-corrected chi connectivity index (χ2v) is 11.2. The first kappa shape index (κ1) is 24.5. The van der Waals surface area contributed by atoms with Crippen molar-refractivity contribution in [1.29, 1.82) is 0 Å². The molecule has 1 N–H and O–H groups in total. The van der Waals surface area contributed by atoms with Crippen molar-refractivity contribution in [3.8, 4) is 11.4 Å². The molecule has 1 unspecified atom stereocenters. The molecule has 178 valence electrons. The van der Waals surface area contributed by atoms with Crippen molar-refractivity contribution in [1.82, 2.24) is 15.0 Å². The predicted octanol–water partition coefficient (Wildman–Crippen LogP) is 7.95. The molecule has 1 aromatic heterocycles. The summed E-state index contributed by atoms with van der Waals surface area (Å²) in [5.41, 5.74) is 4.06. The lowest BCUT2D eigenvalue weighted by Gasteiger charge is -2.46. The number of unbranched alkanes of at least 4 members (excludes halogenated alkanes) is 1. The zero-order valence-corrected chi connectivity index (χ0v) is 22.3. The molecule has 0 radical (unpaired) electrons. The molecule has 3 aromatic carbocycles. The van der Waals surface area contributed by atoms with E-state index in [-0.39, 0.29) is 16.6 Å². The van der Waals surface area contributed by atoms with Crippen LogP contribution in [0.2, 0.25) is 0 Å². The van der Waals surface area contributed by atoms with Crippen LogP contribution in [0.25, 0.3) is 16.7 Å². The highest BCUT2D eigenvalue weighted by molar-refractivity contribution is 9.10. The fraction of sp³-hybridized carbons (Fsp3) is 0.379. The SMILES string of the molecule is CCCCC(C(C)(C)c1ccccc1)C(C)(C)c1cccc(-n2nc3ccc(Br)cc3n2)c1O. The van der Waals surface area contributed by atoms with Crippen molar-refractivity contribution < 1.29 is 5.11 Å². The van der Waals surface area contributed by atoms with Gasteiger partial charge in [0.05, 0.1) is 0 Å². The standard InChI is InChI=1S/C29H34BrN3O/c1-6-7-16-26(28(2,3)20-12-9-8-10-13-20)29(4,5)22-14-11-15-25(27(22)34)33-31-23-18-17-21(30)19-24(23)32-33/h8-15,17-19,26,34H,6-7,16H2,1-5H3. The van der Waals surface area contributed by atoms with E-state index in [0.29, 0.717) is 11.6 Å². The van der Waals surface area contributed by atoms with Crippen molar-refractivity contribution >= 4 is 27.0 Å². The number of nitrogens with zero attached hydrogens (tertiary/aromatic N) is 3. The van der Waals surface area contributed by atoms with Crippen LogP contribution in [0.5, 0.6) is 5.75 Å². The van der Waals surface area contributed by atoms with Gasteiger partial charge in [0, 0.05) is 10.0 Å². The summed E-state index contributed by atoms with van der Waals surface area (Å²) >= 11 is 3.50. The van der Waals surface area contributed by atoms with E-state index < -0.39 is 0 Å². The second kappa shape index (κ2) is 9.53. The van der Waals surface area contributed by atoms with Crippen LogP contribution in [0.3, 0.4) is 0 Å². The van der Waals surface area contributed by atoms with Crippen LogP contribution in [0.15, 0.2) is 71.2 Å². The summed E-state index contributed by atoms with van der Waals surface area (Å²) in [5, 5.41) is 20.8. The third-order valence-electron chi connectivity index (χ3n) is 7.37. The van der Waals surface area contributed by atoms with Crippen molar-refractivity contribution in [3.63, 3.8) is 0 Å². The average Bonchev–Trinajstić information content (AvgIpc) is 3.22. The summed E-state index contributed by atoms with van der Waals surface area (Å²) in [4.78, 5) is 1.55. The van der Waals surface area contributed by atoms with Gasteiger partial charge in [-0.05, 0) is 53.0 Å². The number of hydrogen-bond acceptors (Lipinski definition) is 3. The Morgan fingerprint density at radius 2 is 1.59 bits per heavy atom. The summed E-state index contributed by atoms with van der Waals surface area (Å²) in [6, 6.07) is 22.5. The molecule has 4 rings (SSSR count). The number of aromatic nitrogens is 3. The molecule has 4 aromatic rings. The molecule has 5 heteroatoms. The van der Waals surface area contributed by atoms with Crippen molar-refractivity contribution in [2.75, 3.05) is 0 Å². The Balaban J connectivity index is 1.80. The summed E-state index contributed by atoms with van der Waals surface area (Å²) in [6.45, 7) is 11.4. The zero-order valence-electron chi connectivity index (χ0n) is 20.7. The Labute approximate surface area is 211 Å². The van der Waals surface area contributed by atoms with Crippen LogP contribution in [-0.2, 0) is 10.8 Å². The monoisotopic (exact) mass is 519 g/mol. The van der Waals surface area contributed by atoms with Crippen LogP contribution >= 0.6 is 15.9 Å². The van der Waals surface area contributed by atoms with Crippen LogP contribution in [0, 0.1) is 5.92 Å². The number of phenols is 1. The van der Waals surface area contributed by atoms with E-state index in [1.54, 1.807) is 4.80 Å². The highest BCUT2D eigenvalue weighted by Crippen LogP contribution is 2.49. The summed E-state index contributed by atoms with van der Waals surface area (Å²) in [5.74, 6) is 0.557. The first-order chi connectivity index (χ1) is 16.2. The van der Waals surface area contributed by atoms with E-state index >= 15 is 0 Å². The molecule has 0 aliphatic heterocycles. The van der Waals surface area contributed by atoms with E-state index in [2.05, 4.69) is 97.1 Å². The molecule has 0 aliphatic rings. The second-order valence-electron chi connectivity index (χ2n) is 10.3. The van der Waals surface area contributed by atoms with Crippen molar-refractivity contribution in [3.05, 3.63) is 82.3 Å². The molecular formula is C29H34BrN3O. The highest BCUT2D eigenvalue weighted by atomic mass is 79.9. The molecule has 4 nitrogen and oxygen atoms in total. The third kappa shape index (κ3) is 4.50. The van der Waals surface area contributed by atoms with E-state index in [4.69, 9.17) is 0 Å². The maximum atomic E-state index is 11.6. The van der Waals surface area contributed by atoms with E-state index in [1.165, 1.54) is 5.56 Å². The van der Waals surface area contributed by atoms with Crippen molar-refractivity contribution in [2.45, 2.75) is 64.7 Å². The summed E-state index contributed by atoms with van der Waals surface area (Å²) in [7, 11) is 0. The number of phenolic OH excluding ortho intramolecular Hbond substituents is 1. The number of fused-ring (bicyclic) bond motifs is 1. The molecule has 0 aliphatic carbocycles. The molecule has 0 saturated carbocycles. The average molecular weight is 521 g/mol. The maximum absolute atomic E-state index is 11.6. The molecular weight excluding hydrogens is 486 g/mol. The lowest BCUT2D eigenvalue weighted by Crippen LogP contribution is -2.42. The van der Waals surface area contributed by atoms with Crippen LogP contribution < -0.4 is 0 Å². The number of aromatic hydroxyl groups is 1. The minimum Gasteiger partial charge on any atom is -0.505 e. The first-order valence-electron chi connectivity index (χ1n) is 12.1. The topological polar surface area (TPSA) is 50.9 Å². The van der Waals surface area contributed by atoms with Crippen LogP contribution in [0.4, 0.5) is 0 Å². The summed E-state index contributed by atoms with van der Waals surface area (Å²) in [6.07, 6.45) is 3.36. The molecule has 0 spiro atoms. The van der Waals surface area contributed by atoms with Gasteiger partial charge in [0.25, 0.3) is 0 Å². The van der Waals surface area contributed by atoms with Gasteiger partial charge in [-0.25, -0.2) is 0 Å². The normalized spacial score (nSPS) is 13.4. The third-order valence-corrected chi connectivity index (χ3v) is 7.87. The highest BCUT2D eigenvalue weighted by Gasteiger charge is 2.43. The van der Waals surface area contributed by atoms with E-state index in [0.717, 1.165) is 40.3 Å². The quantitative estimate of drug-likeness (QED) is 0.257. The molecule has 0 fully saturated rings. The van der Waals surface area contributed by atoms with Gasteiger partial charge in [-0.1, -0.05) is 106 Å². The fourth-order valence-electron chi connectivity index (χ4n) is 5.50. The van der Waals surface area contributed by atoms with Crippen LogP contribution in [-0.4, -0.2) is 20.1 Å². The summed E-state index contributed by atoms with van der Waals surface area (Å²) < 4.78 is 0.952. The van der Waals surface area contributed by atoms with Gasteiger partial charge in [0.1, 0.15) is 22.5 Å². The number of para-hydroxylation sites is 1. The predicted molar refractivity (Wildman–Crippen MR) is 144 cm³/mol. The van der Waals surface area contributed by atoms with E-state index in [1.807, 2.05) is 30.3 Å². The van der Waals surface area contributed by atoms with E-state index in [9.17, 15) is 5.11 Å². The van der Waals surface area contributed by atoms with Crippen LogP contribution in [0.1, 0.15) is 65.0 Å². The van der Waals surface area contributed by atoms with Gasteiger partial charge in [-0.3, -0.25) is 0 Å². The lowest BCUT2D eigenvalue weighted by atomic mass is 9.58. The van der Waals surface area contributed by atoms with Gasteiger partial charge in [0.15, 0.2) is 0 Å². The fourth-order valence-corrected chi connectivity index (χ4v) is 5.85. The first-order valence-corrected chi connectivity index (χ1v) is 12.9. The Morgan fingerprint density at radius 1 is 0.882 bits per heavy atom. The zero-order chi connectivity index (χ0) is 24.5. The Hall–Kier alpha value is -2.66. The maximum Gasteiger partial charge on any atom is 0.146 e. The Bertz CT molecular complexity index is 1280. The Kier molecular flexibility index (Phi) is 6.86. The number of halogens is 1. The number of rotatable bonds is 8. The van der Waals surface area contributed by atoms with Gasteiger partial charge in [0.2, 0.25) is 0 Å².